The Balaban J connectivity index is 2.10. The summed E-state index contributed by atoms with van der Waals surface area (Å²) in [6, 6.07) is 5.85. The highest BCUT2D eigenvalue weighted by atomic mass is 19.1. The summed E-state index contributed by atoms with van der Waals surface area (Å²) in [4.78, 5) is 44.3. The maximum absolute atomic E-state index is 13.5. The van der Waals surface area contributed by atoms with Gasteiger partial charge >= 0.3 is 11.9 Å². The van der Waals surface area contributed by atoms with Gasteiger partial charge in [-0.1, -0.05) is 17.6 Å². The van der Waals surface area contributed by atoms with Crippen LogP contribution in [-0.4, -0.2) is 68.4 Å². The third-order valence-electron chi connectivity index (χ3n) is 5.64. The number of anilines is 1. The maximum Gasteiger partial charge on any atom is 0.359 e. The van der Waals surface area contributed by atoms with Crippen molar-refractivity contribution in [3.63, 3.8) is 0 Å². The van der Waals surface area contributed by atoms with Gasteiger partial charge in [0.2, 0.25) is 5.91 Å². The van der Waals surface area contributed by atoms with Gasteiger partial charge in [-0.25, -0.2) is 14.2 Å². The predicted octanol–water partition coefficient (Wildman–Crippen LogP) is 2.61. The van der Waals surface area contributed by atoms with Gasteiger partial charge in [0.25, 0.3) is 0 Å². The second-order valence-corrected chi connectivity index (χ2v) is 9.59. The molecule has 1 aromatic carbocycles. The first kappa shape index (κ1) is 29.3. The lowest BCUT2D eigenvalue weighted by atomic mass is 9.85. The van der Waals surface area contributed by atoms with Crippen molar-refractivity contribution in [3.8, 4) is 0 Å². The summed E-state index contributed by atoms with van der Waals surface area (Å²) in [6.45, 7) is 8.67. The molecule has 11 heteroatoms. The van der Waals surface area contributed by atoms with Crippen molar-refractivity contribution in [2.75, 3.05) is 24.7 Å². The van der Waals surface area contributed by atoms with Crippen LogP contribution >= 0.6 is 0 Å². The summed E-state index contributed by atoms with van der Waals surface area (Å²) in [6.07, 6.45) is 0.0385. The zero-order valence-electron chi connectivity index (χ0n) is 22.3. The maximum atomic E-state index is 13.5. The molecule has 2 aromatic rings. The molecule has 9 nitrogen and oxygen atoms in total. The SMILES string of the molecule is [B]c1c(Cc2ccc(F)cc2)cnc(C(=O)OC(C)C)c1N(C[C@@H]1COC(C)(C)O1)C(=O)CC(=O)OCC. The van der Waals surface area contributed by atoms with E-state index < -0.39 is 42.3 Å². The van der Waals surface area contributed by atoms with Gasteiger partial charge in [0.15, 0.2) is 11.5 Å². The van der Waals surface area contributed by atoms with E-state index in [1.54, 1.807) is 46.8 Å². The number of benzene rings is 1. The molecule has 2 radical (unpaired) electrons. The topological polar surface area (TPSA) is 104 Å². The molecule has 202 valence electrons. The molecule has 1 fully saturated rings. The number of nitrogens with zero attached hydrogens (tertiary/aromatic N) is 2. The summed E-state index contributed by atoms with van der Waals surface area (Å²) in [5.74, 6) is -3.44. The number of halogens is 1. The quantitative estimate of drug-likeness (QED) is 0.265. The van der Waals surface area contributed by atoms with Gasteiger partial charge in [0.1, 0.15) is 26.2 Å². The second-order valence-electron chi connectivity index (χ2n) is 9.59. The third kappa shape index (κ3) is 7.61. The fourth-order valence-corrected chi connectivity index (χ4v) is 4.01. The van der Waals surface area contributed by atoms with Gasteiger partial charge in [-0.2, -0.15) is 0 Å². The van der Waals surface area contributed by atoms with Crippen LogP contribution in [-0.2, 0) is 35.0 Å². The van der Waals surface area contributed by atoms with Gasteiger partial charge in [0.05, 0.1) is 31.5 Å². The minimum Gasteiger partial charge on any atom is -0.466 e. The highest BCUT2D eigenvalue weighted by Gasteiger charge is 2.37. The molecule has 0 saturated carbocycles. The molecule has 1 amide bonds. The predicted molar refractivity (Wildman–Crippen MR) is 138 cm³/mol. The molecule has 0 spiro atoms. The van der Waals surface area contributed by atoms with Gasteiger partial charge in [-0.3, -0.25) is 9.59 Å². The van der Waals surface area contributed by atoms with E-state index in [1.165, 1.54) is 23.2 Å². The van der Waals surface area contributed by atoms with E-state index in [0.29, 0.717) is 5.56 Å². The summed E-state index contributed by atoms with van der Waals surface area (Å²) in [5.41, 5.74) is 1.13. The van der Waals surface area contributed by atoms with E-state index in [2.05, 4.69) is 4.98 Å². The number of aromatic nitrogens is 1. The molecule has 38 heavy (non-hydrogen) atoms. The number of hydrogen-bond acceptors (Lipinski definition) is 8. The summed E-state index contributed by atoms with van der Waals surface area (Å²) < 4.78 is 35.3. The van der Waals surface area contributed by atoms with Crippen molar-refractivity contribution in [2.45, 2.75) is 65.5 Å². The number of amides is 1. The molecule has 0 bridgehead atoms. The fraction of sp³-hybridized carbons (Fsp3) is 0.481. The van der Waals surface area contributed by atoms with Crippen LogP contribution in [0, 0.1) is 5.82 Å². The third-order valence-corrected chi connectivity index (χ3v) is 5.64. The minimum atomic E-state index is -0.881. The van der Waals surface area contributed by atoms with Gasteiger partial charge < -0.3 is 23.8 Å². The average molecular weight is 526 g/mol. The molecule has 1 aliphatic heterocycles. The standard InChI is InChI=1S/C27H32BFN2O7/c1-6-35-22(33)12-21(32)31(14-20-15-36-27(4,5)38-20)25-23(28)18(11-17-7-9-19(29)10-8-17)13-30-24(25)26(34)37-16(2)3/h7-10,13,16,20H,6,11-12,14-15H2,1-5H3/t20-/m1/s1. The average Bonchev–Trinajstić information content (AvgIpc) is 3.18. The van der Waals surface area contributed by atoms with Crippen LogP contribution in [0.3, 0.4) is 0 Å². The van der Waals surface area contributed by atoms with E-state index in [9.17, 15) is 18.8 Å². The molecule has 0 N–H and O–H groups in total. The highest BCUT2D eigenvalue weighted by Crippen LogP contribution is 2.27. The zero-order valence-corrected chi connectivity index (χ0v) is 22.3. The molecule has 1 atom stereocenters. The number of esters is 2. The highest BCUT2D eigenvalue weighted by molar-refractivity contribution is 6.38. The van der Waals surface area contributed by atoms with Gasteiger partial charge in [0, 0.05) is 6.20 Å². The Morgan fingerprint density at radius 1 is 1.24 bits per heavy atom. The monoisotopic (exact) mass is 526 g/mol. The lowest BCUT2D eigenvalue weighted by molar-refractivity contribution is -0.146. The Labute approximate surface area is 223 Å². The zero-order chi connectivity index (χ0) is 28.0. The number of carbonyl (C=O) groups is 3. The van der Waals surface area contributed by atoms with Crippen LogP contribution in [0.2, 0.25) is 0 Å². The van der Waals surface area contributed by atoms with E-state index in [4.69, 9.17) is 26.8 Å². The molecule has 1 aromatic heterocycles. The molecule has 1 saturated heterocycles. The molecular weight excluding hydrogens is 494 g/mol. The largest absolute Gasteiger partial charge is 0.466 e. The van der Waals surface area contributed by atoms with Crippen LogP contribution in [0.5, 0.6) is 0 Å². The summed E-state index contributed by atoms with van der Waals surface area (Å²) >= 11 is 0. The number of hydrogen-bond donors (Lipinski definition) is 0. The van der Waals surface area contributed by atoms with Crippen LogP contribution in [0.25, 0.3) is 0 Å². The first-order valence-electron chi connectivity index (χ1n) is 12.4. The van der Waals surface area contributed by atoms with Crippen LogP contribution < -0.4 is 10.4 Å². The van der Waals surface area contributed by atoms with Crippen molar-refractivity contribution in [1.29, 1.82) is 0 Å². The first-order chi connectivity index (χ1) is 17.9. The van der Waals surface area contributed by atoms with Gasteiger partial charge in [-0.05, 0) is 64.3 Å². The lowest BCUT2D eigenvalue weighted by Gasteiger charge is -2.29. The van der Waals surface area contributed by atoms with Crippen molar-refractivity contribution in [3.05, 3.63) is 53.1 Å². The van der Waals surface area contributed by atoms with Crippen molar-refractivity contribution in [1.82, 2.24) is 4.98 Å². The van der Waals surface area contributed by atoms with Crippen LogP contribution in [0.4, 0.5) is 10.1 Å². The molecule has 0 aliphatic carbocycles. The molecule has 1 aliphatic rings. The lowest BCUT2D eigenvalue weighted by Crippen LogP contribution is -2.44. The number of ether oxygens (including phenoxy) is 4. The Morgan fingerprint density at radius 3 is 2.50 bits per heavy atom. The Morgan fingerprint density at radius 2 is 1.92 bits per heavy atom. The van der Waals surface area contributed by atoms with Crippen molar-refractivity contribution >= 4 is 36.8 Å². The Bertz CT molecular complexity index is 1170. The van der Waals surface area contributed by atoms with E-state index in [1.807, 2.05) is 0 Å². The Hall–Kier alpha value is -3.31. The van der Waals surface area contributed by atoms with E-state index in [0.717, 1.165) is 5.56 Å². The van der Waals surface area contributed by atoms with E-state index in [-0.39, 0.29) is 48.8 Å². The summed E-state index contributed by atoms with van der Waals surface area (Å²) in [7, 11) is 6.58. The molecule has 2 heterocycles. The van der Waals surface area contributed by atoms with Crippen LogP contribution in [0.1, 0.15) is 62.7 Å². The smallest absolute Gasteiger partial charge is 0.359 e. The summed E-state index contributed by atoms with van der Waals surface area (Å²) in [5, 5.41) is 0. The first-order valence-corrected chi connectivity index (χ1v) is 12.4. The number of carbonyl (C=O) groups excluding carboxylic acids is 3. The number of pyridine rings is 1. The molecular formula is C27H32BFN2O7. The minimum absolute atomic E-state index is 0.00198. The van der Waals surface area contributed by atoms with Crippen LogP contribution in [0.15, 0.2) is 30.5 Å². The Kier molecular flexibility index (Phi) is 9.62. The number of rotatable bonds is 10. The van der Waals surface area contributed by atoms with Crippen molar-refractivity contribution < 1.29 is 37.7 Å². The van der Waals surface area contributed by atoms with Gasteiger partial charge in [-0.15, -0.1) is 0 Å². The molecule has 3 rings (SSSR count). The fourth-order valence-electron chi connectivity index (χ4n) is 4.01. The van der Waals surface area contributed by atoms with Crippen molar-refractivity contribution in [2.24, 2.45) is 0 Å². The molecule has 0 unspecified atom stereocenters. The second kappa shape index (κ2) is 12.5. The van der Waals surface area contributed by atoms with E-state index >= 15 is 0 Å². The normalized spacial score (nSPS) is 16.3.